The quantitative estimate of drug-likeness (QED) is 0.360. The zero-order valence-electron chi connectivity index (χ0n) is 13.1. The number of carbonyl (C=O) groups is 1. The SMILES string of the molecule is CN1C(=CC(=O)c2ccc([N+](=O)[O-])cc2)Sc2cc3c(cc21)OCO3. The number of nitro groups is 1. The highest BCUT2D eigenvalue weighted by molar-refractivity contribution is 8.03. The second kappa shape index (κ2) is 5.82. The van der Waals surface area contributed by atoms with Crippen LogP contribution in [0.1, 0.15) is 10.4 Å². The van der Waals surface area contributed by atoms with Gasteiger partial charge in [0.1, 0.15) is 0 Å². The van der Waals surface area contributed by atoms with E-state index in [0.29, 0.717) is 17.1 Å². The summed E-state index contributed by atoms with van der Waals surface area (Å²) in [6, 6.07) is 9.36. The molecule has 0 aliphatic carbocycles. The third kappa shape index (κ3) is 2.70. The average Bonchev–Trinajstić information content (AvgIpc) is 3.18. The number of allylic oxidation sites excluding steroid dienone is 1. The van der Waals surface area contributed by atoms with Crippen molar-refractivity contribution in [1.82, 2.24) is 0 Å². The van der Waals surface area contributed by atoms with Crippen LogP contribution >= 0.6 is 11.8 Å². The van der Waals surface area contributed by atoms with Crippen molar-refractivity contribution in [2.45, 2.75) is 4.90 Å². The number of ether oxygens (including phenoxy) is 2. The van der Waals surface area contributed by atoms with E-state index in [1.807, 2.05) is 24.1 Å². The van der Waals surface area contributed by atoms with E-state index >= 15 is 0 Å². The van der Waals surface area contributed by atoms with Crippen molar-refractivity contribution in [3.05, 3.63) is 63.2 Å². The Balaban J connectivity index is 1.59. The van der Waals surface area contributed by atoms with E-state index in [4.69, 9.17) is 9.47 Å². The van der Waals surface area contributed by atoms with E-state index in [-0.39, 0.29) is 18.3 Å². The van der Waals surface area contributed by atoms with E-state index in [1.54, 1.807) is 0 Å². The number of hydrogen-bond donors (Lipinski definition) is 0. The minimum Gasteiger partial charge on any atom is -0.454 e. The Labute approximate surface area is 147 Å². The van der Waals surface area contributed by atoms with Gasteiger partial charge in [0.2, 0.25) is 6.79 Å². The number of carbonyl (C=O) groups excluding carboxylic acids is 1. The standard InChI is InChI=1S/C17H12N2O5S/c1-18-12-6-14-15(24-9-23-14)8-16(12)25-17(18)7-13(20)10-2-4-11(5-3-10)19(21)22/h2-8H,9H2,1H3. The summed E-state index contributed by atoms with van der Waals surface area (Å²) in [6.07, 6.45) is 1.53. The zero-order valence-corrected chi connectivity index (χ0v) is 13.9. The Morgan fingerprint density at radius 2 is 1.92 bits per heavy atom. The molecule has 126 valence electrons. The highest BCUT2D eigenvalue weighted by Gasteiger charge is 2.27. The Hall–Kier alpha value is -3.00. The molecule has 0 amide bonds. The Morgan fingerprint density at radius 1 is 1.24 bits per heavy atom. The average molecular weight is 356 g/mol. The summed E-state index contributed by atoms with van der Waals surface area (Å²) in [5.41, 5.74) is 1.30. The molecule has 4 rings (SSSR count). The van der Waals surface area contributed by atoms with Crippen molar-refractivity contribution < 1.29 is 19.2 Å². The van der Waals surface area contributed by atoms with Gasteiger partial charge in [0.05, 0.1) is 15.6 Å². The third-order valence-corrected chi connectivity index (χ3v) is 5.13. The molecule has 2 aromatic carbocycles. The van der Waals surface area contributed by atoms with Gasteiger partial charge in [-0.3, -0.25) is 14.9 Å². The van der Waals surface area contributed by atoms with Crippen molar-refractivity contribution >= 4 is 28.9 Å². The topological polar surface area (TPSA) is 81.9 Å². The van der Waals surface area contributed by atoms with Gasteiger partial charge in [-0.2, -0.15) is 0 Å². The Kier molecular flexibility index (Phi) is 3.61. The zero-order chi connectivity index (χ0) is 17.6. The molecular weight excluding hydrogens is 344 g/mol. The first kappa shape index (κ1) is 15.5. The van der Waals surface area contributed by atoms with E-state index in [9.17, 15) is 14.9 Å². The molecule has 0 aromatic heterocycles. The first-order chi connectivity index (χ1) is 12.0. The van der Waals surface area contributed by atoms with Crippen LogP contribution < -0.4 is 14.4 Å². The molecule has 8 heteroatoms. The number of hydrogen-bond acceptors (Lipinski definition) is 7. The molecule has 7 nitrogen and oxygen atoms in total. The maximum Gasteiger partial charge on any atom is 0.269 e. The lowest BCUT2D eigenvalue weighted by Gasteiger charge is -2.13. The van der Waals surface area contributed by atoms with Crippen LogP contribution in [0.15, 0.2) is 52.4 Å². The molecule has 0 N–H and O–H groups in total. The number of ketones is 1. The molecule has 0 saturated carbocycles. The smallest absolute Gasteiger partial charge is 0.269 e. The number of benzene rings is 2. The lowest BCUT2D eigenvalue weighted by atomic mass is 10.1. The summed E-state index contributed by atoms with van der Waals surface area (Å²) in [6.45, 7) is 0.216. The molecule has 0 saturated heterocycles. The number of anilines is 1. The third-order valence-electron chi connectivity index (χ3n) is 3.98. The van der Waals surface area contributed by atoms with Crippen LogP contribution in [0.2, 0.25) is 0 Å². The fourth-order valence-electron chi connectivity index (χ4n) is 2.63. The monoisotopic (exact) mass is 356 g/mol. The molecule has 0 spiro atoms. The molecule has 2 aromatic rings. The molecule has 0 unspecified atom stereocenters. The van der Waals surface area contributed by atoms with Crippen LogP contribution in [-0.2, 0) is 0 Å². The normalized spacial score (nSPS) is 16.2. The van der Waals surface area contributed by atoms with Crippen LogP contribution in [0.4, 0.5) is 11.4 Å². The molecule has 2 aliphatic rings. The summed E-state index contributed by atoms with van der Waals surface area (Å²) in [4.78, 5) is 25.5. The van der Waals surface area contributed by atoms with E-state index in [1.165, 1.54) is 42.1 Å². The van der Waals surface area contributed by atoms with Gasteiger partial charge >= 0.3 is 0 Å². The number of rotatable bonds is 3. The van der Waals surface area contributed by atoms with Crippen molar-refractivity contribution in [3.63, 3.8) is 0 Å². The number of nitro benzene ring substituents is 1. The molecular formula is C17H12N2O5S. The van der Waals surface area contributed by atoms with Gasteiger partial charge in [-0.1, -0.05) is 11.8 Å². The molecule has 25 heavy (non-hydrogen) atoms. The lowest BCUT2D eigenvalue weighted by Crippen LogP contribution is -2.11. The molecule has 0 atom stereocenters. The number of nitrogens with zero attached hydrogens (tertiary/aromatic N) is 2. The van der Waals surface area contributed by atoms with E-state index in [0.717, 1.165) is 15.6 Å². The minimum atomic E-state index is -0.493. The predicted molar refractivity (Wildman–Crippen MR) is 92.3 cm³/mol. The van der Waals surface area contributed by atoms with Crippen LogP contribution in [0.25, 0.3) is 0 Å². The summed E-state index contributed by atoms with van der Waals surface area (Å²) >= 11 is 1.46. The fraction of sp³-hybridized carbons (Fsp3) is 0.118. The summed E-state index contributed by atoms with van der Waals surface area (Å²) in [5.74, 6) is 1.17. The van der Waals surface area contributed by atoms with Gasteiger partial charge in [0.15, 0.2) is 17.3 Å². The lowest BCUT2D eigenvalue weighted by molar-refractivity contribution is -0.384. The second-order valence-electron chi connectivity index (χ2n) is 5.49. The number of non-ortho nitro benzene ring substituents is 1. The van der Waals surface area contributed by atoms with Crippen molar-refractivity contribution in [1.29, 1.82) is 0 Å². The Bertz CT molecular complexity index is 923. The minimum absolute atomic E-state index is 0.0431. The van der Waals surface area contributed by atoms with Gasteiger partial charge < -0.3 is 14.4 Å². The van der Waals surface area contributed by atoms with Gasteiger partial charge in [0, 0.05) is 47.8 Å². The van der Waals surface area contributed by atoms with Crippen LogP contribution in [-0.4, -0.2) is 24.5 Å². The van der Waals surface area contributed by atoms with E-state index < -0.39 is 4.92 Å². The fourth-order valence-corrected chi connectivity index (χ4v) is 3.72. The van der Waals surface area contributed by atoms with Crippen LogP contribution in [0, 0.1) is 10.1 Å². The van der Waals surface area contributed by atoms with Gasteiger partial charge in [-0.15, -0.1) is 0 Å². The van der Waals surface area contributed by atoms with Crippen molar-refractivity contribution in [2.24, 2.45) is 0 Å². The predicted octanol–water partition coefficient (Wildman–Crippen LogP) is 3.59. The molecule has 2 aliphatic heterocycles. The first-order valence-corrected chi connectivity index (χ1v) is 8.20. The molecule has 0 radical (unpaired) electrons. The maximum absolute atomic E-state index is 12.4. The van der Waals surface area contributed by atoms with Gasteiger partial charge in [0.25, 0.3) is 5.69 Å². The molecule has 0 bridgehead atoms. The number of fused-ring (bicyclic) bond motifs is 2. The maximum atomic E-state index is 12.4. The summed E-state index contributed by atoms with van der Waals surface area (Å²) < 4.78 is 10.8. The summed E-state index contributed by atoms with van der Waals surface area (Å²) in [7, 11) is 1.87. The first-order valence-electron chi connectivity index (χ1n) is 7.38. The van der Waals surface area contributed by atoms with Gasteiger partial charge in [-0.25, -0.2) is 0 Å². The van der Waals surface area contributed by atoms with E-state index in [2.05, 4.69) is 0 Å². The molecule has 2 heterocycles. The molecule has 0 fully saturated rings. The van der Waals surface area contributed by atoms with Crippen molar-refractivity contribution in [2.75, 3.05) is 18.7 Å². The highest BCUT2D eigenvalue weighted by Crippen LogP contribution is 2.50. The van der Waals surface area contributed by atoms with Crippen molar-refractivity contribution in [3.8, 4) is 11.5 Å². The number of thioether (sulfide) groups is 1. The largest absolute Gasteiger partial charge is 0.454 e. The summed E-state index contributed by atoms with van der Waals surface area (Å²) in [5, 5.41) is 11.5. The highest BCUT2D eigenvalue weighted by atomic mass is 32.2. The Morgan fingerprint density at radius 3 is 2.60 bits per heavy atom. The van der Waals surface area contributed by atoms with Crippen LogP contribution in [0.5, 0.6) is 11.5 Å². The van der Waals surface area contributed by atoms with Gasteiger partial charge in [-0.05, 0) is 12.1 Å². The second-order valence-corrected chi connectivity index (χ2v) is 6.55. The van der Waals surface area contributed by atoms with Crippen LogP contribution in [0.3, 0.4) is 0 Å².